The fraction of sp³-hybridized carbons (Fsp3) is 0.409. The van der Waals surface area contributed by atoms with E-state index in [1.54, 1.807) is 18.3 Å². The first kappa shape index (κ1) is 22.1. The van der Waals surface area contributed by atoms with Crippen molar-refractivity contribution in [3.8, 4) is 22.6 Å². The smallest absolute Gasteiger partial charge is 0.290 e. The van der Waals surface area contributed by atoms with E-state index in [1.807, 2.05) is 12.4 Å². The number of halogens is 1. The molecule has 2 aliphatic heterocycles. The summed E-state index contributed by atoms with van der Waals surface area (Å²) < 4.78 is 21.5. The van der Waals surface area contributed by atoms with Crippen LogP contribution < -0.4 is 0 Å². The van der Waals surface area contributed by atoms with Gasteiger partial charge in [0.05, 0.1) is 36.1 Å². The Bertz CT molecular complexity index is 1010. The molecule has 1 aromatic carbocycles. The average molecular weight is 443 g/mol. The first-order valence-electron chi connectivity index (χ1n) is 10.5. The number of carboxylic acid groups (broad SMARTS) is 1. The lowest BCUT2D eigenvalue weighted by molar-refractivity contribution is -0.122. The quantitative estimate of drug-likeness (QED) is 0.518. The number of rotatable bonds is 5. The van der Waals surface area contributed by atoms with Crippen molar-refractivity contribution in [2.75, 3.05) is 26.3 Å². The summed E-state index contributed by atoms with van der Waals surface area (Å²) in [4.78, 5) is 15.5. The summed E-state index contributed by atoms with van der Waals surface area (Å²) >= 11 is 0. The van der Waals surface area contributed by atoms with Crippen LogP contribution in [0.1, 0.15) is 18.9 Å². The maximum absolute atomic E-state index is 13.4. The summed E-state index contributed by atoms with van der Waals surface area (Å²) in [6.45, 7) is 2.36. The molecule has 0 amide bonds. The van der Waals surface area contributed by atoms with Crippen LogP contribution in [0.25, 0.3) is 22.6 Å². The van der Waals surface area contributed by atoms with Crippen molar-refractivity contribution < 1.29 is 24.1 Å². The van der Waals surface area contributed by atoms with Gasteiger partial charge in [-0.15, -0.1) is 0 Å². The summed E-state index contributed by atoms with van der Waals surface area (Å²) in [6.07, 6.45) is 5.36. The molecule has 10 heteroatoms. The molecule has 2 fully saturated rings. The molecule has 32 heavy (non-hydrogen) atoms. The third-order valence-electron chi connectivity index (χ3n) is 5.98. The first-order valence-corrected chi connectivity index (χ1v) is 10.5. The Morgan fingerprint density at radius 3 is 2.69 bits per heavy atom. The zero-order valence-corrected chi connectivity index (χ0v) is 17.5. The minimum atomic E-state index is -0.263. The van der Waals surface area contributed by atoms with Crippen molar-refractivity contribution in [1.82, 2.24) is 24.6 Å². The van der Waals surface area contributed by atoms with Crippen LogP contribution in [0.3, 0.4) is 0 Å². The second-order valence-electron chi connectivity index (χ2n) is 7.90. The highest BCUT2D eigenvalue weighted by atomic mass is 19.1. The van der Waals surface area contributed by atoms with Gasteiger partial charge < -0.3 is 19.5 Å². The summed E-state index contributed by atoms with van der Waals surface area (Å²) in [6, 6.07) is 9.00. The Morgan fingerprint density at radius 1 is 1.22 bits per heavy atom. The molecule has 2 aliphatic rings. The number of aliphatic hydroxyl groups excluding tert-OH is 1. The molecule has 2 aromatic heterocycles. The third kappa shape index (κ3) is 4.57. The molecule has 0 saturated carbocycles. The van der Waals surface area contributed by atoms with E-state index < -0.39 is 0 Å². The molecule has 9 nitrogen and oxygen atoms in total. The number of hydrogen-bond acceptors (Lipinski definition) is 6. The minimum Gasteiger partial charge on any atom is -0.483 e. The molecule has 4 heterocycles. The van der Waals surface area contributed by atoms with Crippen molar-refractivity contribution in [2.24, 2.45) is 0 Å². The van der Waals surface area contributed by atoms with Gasteiger partial charge in [0.15, 0.2) is 0 Å². The number of carbonyl (C=O) groups is 1. The molecular formula is C22H26FN5O4. The molecule has 3 atom stereocenters. The zero-order chi connectivity index (χ0) is 22.5. The maximum atomic E-state index is 13.4. The van der Waals surface area contributed by atoms with Gasteiger partial charge in [-0.2, -0.15) is 5.10 Å². The van der Waals surface area contributed by atoms with Crippen molar-refractivity contribution in [2.45, 2.75) is 31.0 Å². The van der Waals surface area contributed by atoms with E-state index in [0.29, 0.717) is 19.1 Å². The predicted molar refractivity (Wildman–Crippen MR) is 114 cm³/mol. The summed E-state index contributed by atoms with van der Waals surface area (Å²) in [5.41, 5.74) is 3.54. The van der Waals surface area contributed by atoms with Gasteiger partial charge >= 0.3 is 0 Å². The number of benzene rings is 1. The van der Waals surface area contributed by atoms with Crippen LogP contribution in [0.15, 0.2) is 42.9 Å². The highest BCUT2D eigenvalue weighted by molar-refractivity contribution is 5.76. The van der Waals surface area contributed by atoms with Crippen LogP contribution in [-0.2, 0) is 9.53 Å². The fourth-order valence-corrected chi connectivity index (χ4v) is 4.55. The molecule has 0 unspecified atom stereocenters. The molecule has 0 aliphatic carbocycles. The molecule has 3 aromatic rings. The van der Waals surface area contributed by atoms with Crippen LogP contribution in [0.5, 0.6) is 0 Å². The highest BCUT2D eigenvalue weighted by Gasteiger charge is 2.39. The number of aliphatic hydroxyl groups is 1. The molecule has 170 valence electrons. The first-order chi connectivity index (χ1) is 15.6. The van der Waals surface area contributed by atoms with Gasteiger partial charge in [-0.3, -0.25) is 14.8 Å². The van der Waals surface area contributed by atoms with Gasteiger partial charge in [-0.05, 0) is 43.2 Å². The van der Waals surface area contributed by atoms with Crippen LogP contribution in [0.4, 0.5) is 4.39 Å². The Hall–Kier alpha value is -3.08. The number of nitrogens with zero attached hydrogens (tertiary/aromatic N) is 4. The molecular weight excluding hydrogens is 417 g/mol. The van der Waals surface area contributed by atoms with E-state index in [4.69, 9.17) is 14.6 Å². The van der Waals surface area contributed by atoms with Crippen molar-refractivity contribution in [1.29, 1.82) is 0 Å². The monoisotopic (exact) mass is 443 g/mol. The van der Waals surface area contributed by atoms with E-state index >= 15 is 0 Å². The molecule has 0 spiro atoms. The van der Waals surface area contributed by atoms with Gasteiger partial charge in [-0.1, -0.05) is 0 Å². The number of fused-ring (bicyclic) bond motifs is 1. The van der Waals surface area contributed by atoms with E-state index in [2.05, 4.69) is 24.6 Å². The summed E-state index contributed by atoms with van der Waals surface area (Å²) in [7, 11) is 0. The molecule has 0 radical (unpaired) electrons. The Morgan fingerprint density at radius 2 is 2.00 bits per heavy atom. The van der Waals surface area contributed by atoms with E-state index in [9.17, 15) is 9.50 Å². The number of imidazole rings is 1. The van der Waals surface area contributed by atoms with Crippen molar-refractivity contribution in [3.05, 3.63) is 48.7 Å². The average Bonchev–Trinajstić information content (AvgIpc) is 3.53. The SMILES string of the molecule is O=CO.OCC[C@H]1CN2C[C@@H](n3cnc(-c4ccc(F)cc4)c3-c3ccn[nH]3)C[C@H]2CO1. The Labute approximate surface area is 184 Å². The predicted octanol–water partition coefficient (Wildman–Crippen LogP) is 2.18. The molecule has 5 rings (SSSR count). The van der Waals surface area contributed by atoms with Gasteiger partial charge in [0.1, 0.15) is 5.82 Å². The van der Waals surface area contributed by atoms with Crippen LogP contribution >= 0.6 is 0 Å². The fourth-order valence-electron chi connectivity index (χ4n) is 4.55. The summed E-state index contributed by atoms with van der Waals surface area (Å²) in [5, 5.41) is 23.3. The third-order valence-corrected chi connectivity index (χ3v) is 5.98. The lowest BCUT2D eigenvalue weighted by atomic mass is 10.1. The molecule has 0 bridgehead atoms. The van der Waals surface area contributed by atoms with Gasteiger partial charge in [0.25, 0.3) is 6.47 Å². The van der Waals surface area contributed by atoms with Crippen LogP contribution in [-0.4, -0.2) is 79.8 Å². The second kappa shape index (κ2) is 10.0. The van der Waals surface area contributed by atoms with E-state index in [-0.39, 0.29) is 31.0 Å². The highest BCUT2D eigenvalue weighted by Crippen LogP contribution is 2.37. The summed E-state index contributed by atoms with van der Waals surface area (Å²) in [5.74, 6) is -0.263. The number of H-pyrrole nitrogens is 1. The maximum Gasteiger partial charge on any atom is 0.290 e. The van der Waals surface area contributed by atoms with Gasteiger partial charge in [0, 0.05) is 43.5 Å². The normalized spacial score (nSPS) is 22.8. The molecule has 2 saturated heterocycles. The number of hydrogen-bond donors (Lipinski definition) is 3. The van der Waals surface area contributed by atoms with Gasteiger partial charge in [-0.25, -0.2) is 9.37 Å². The van der Waals surface area contributed by atoms with Crippen LogP contribution in [0, 0.1) is 5.82 Å². The lowest BCUT2D eigenvalue weighted by Crippen LogP contribution is -2.46. The van der Waals surface area contributed by atoms with Crippen molar-refractivity contribution >= 4 is 6.47 Å². The minimum absolute atomic E-state index is 0.0969. The van der Waals surface area contributed by atoms with E-state index in [0.717, 1.165) is 42.2 Å². The number of aromatic nitrogens is 4. The van der Waals surface area contributed by atoms with E-state index in [1.165, 1.54) is 12.1 Å². The standard InChI is InChI=1S/C21H24FN5O2.CH2O2/c22-15-3-1-14(2-4-15)20-21(19-5-7-24-25-19)27(13-23-20)16-9-17-12-29-18(6-8-28)11-26(17)10-16;2-1-3/h1-5,7,13,16-18,28H,6,8-12H2,(H,24,25);1H,(H,2,3)/t16-,17-,18-;/m0./s1. The van der Waals surface area contributed by atoms with Crippen molar-refractivity contribution in [3.63, 3.8) is 0 Å². The Balaban J connectivity index is 0.000000775. The topological polar surface area (TPSA) is 117 Å². The Kier molecular flexibility index (Phi) is 6.93. The number of aromatic amines is 1. The largest absolute Gasteiger partial charge is 0.483 e. The molecule has 3 N–H and O–H groups in total. The number of ether oxygens (including phenoxy) is 1. The van der Waals surface area contributed by atoms with Gasteiger partial charge in [0.2, 0.25) is 0 Å². The zero-order valence-electron chi connectivity index (χ0n) is 17.5. The van der Waals surface area contributed by atoms with Crippen LogP contribution in [0.2, 0.25) is 0 Å². The number of nitrogens with one attached hydrogen (secondary N) is 1. The second-order valence-corrected chi connectivity index (χ2v) is 7.90. The number of morpholine rings is 1. The lowest BCUT2D eigenvalue weighted by Gasteiger charge is -2.34.